The quantitative estimate of drug-likeness (QED) is 0.878. The number of thiazole rings is 1. The summed E-state index contributed by atoms with van der Waals surface area (Å²) in [7, 11) is 0. The molecule has 1 aliphatic rings. The lowest BCUT2D eigenvalue weighted by Crippen LogP contribution is -2.15. The molecule has 4 heteroatoms. The molecule has 16 heavy (non-hydrogen) atoms. The second-order valence-corrected chi connectivity index (χ2v) is 4.90. The van der Waals surface area contributed by atoms with E-state index in [1.807, 2.05) is 18.3 Å². The molecule has 3 nitrogen and oxygen atoms in total. The van der Waals surface area contributed by atoms with Crippen LogP contribution in [0.5, 0.6) is 0 Å². The third-order valence-corrected chi connectivity index (χ3v) is 3.55. The van der Waals surface area contributed by atoms with Gasteiger partial charge in [-0.1, -0.05) is 0 Å². The first-order valence-electron chi connectivity index (χ1n) is 5.50. The molecule has 1 saturated carbocycles. The molecular formula is C12H13N3S. The van der Waals surface area contributed by atoms with Crippen molar-refractivity contribution in [2.24, 2.45) is 0 Å². The zero-order valence-electron chi connectivity index (χ0n) is 8.89. The van der Waals surface area contributed by atoms with Gasteiger partial charge < -0.3 is 5.32 Å². The Labute approximate surface area is 98.6 Å². The maximum absolute atomic E-state index is 4.60. The van der Waals surface area contributed by atoms with Crippen molar-refractivity contribution in [1.82, 2.24) is 15.3 Å². The van der Waals surface area contributed by atoms with Crippen LogP contribution in [-0.4, -0.2) is 16.0 Å². The van der Waals surface area contributed by atoms with Gasteiger partial charge in [-0.05, 0) is 25.0 Å². The van der Waals surface area contributed by atoms with Crippen LogP contribution in [0.4, 0.5) is 0 Å². The Hall–Kier alpha value is -1.26. The summed E-state index contributed by atoms with van der Waals surface area (Å²) in [4.78, 5) is 8.70. The Kier molecular flexibility index (Phi) is 2.68. The lowest BCUT2D eigenvalue weighted by atomic mass is 10.3. The van der Waals surface area contributed by atoms with E-state index in [0.29, 0.717) is 0 Å². The first-order chi connectivity index (χ1) is 7.92. The number of aromatic nitrogens is 2. The predicted molar refractivity (Wildman–Crippen MR) is 65.2 cm³/mol. The van der Waals surface area contributed by atoms with Crippen LogP contribution in [0.25, 0.3) is 10.6 Å². The van der Waals surface area contributed by atoms with E-state index in [4.69, 9.17) is 0 Å². The van der Waals surface area contributed by atoms with Gasteiger partial charge in [0.15, 0.2) is 0 Å². The average molecular weight is 231 g/mol. The van der Waals surface area contributed by atoms with Crippen LogP contribution in [0.1, 0.15) is 18.5 Å². The zero-order chi connectivity index (χ0) is 10.8. The molecule has 3 rings (SSSR count). The fourth-order valence-corrected chi connectivity index (χ4v) is 2.36. The molecule has 0 amide bonds. The van der Waals surface area contributed by atoms with Crippen molar-refractivity contribution in [1.29, 1.82) is 0 Å². The van der Waals surface area contributed by atoms with Crippen LogP contribution in [0.2, 0.25) is 0 Å². The number of pyridine rings is 1. The van der Waals surface area contributed by atoms with Crippen LogP contribution >= 0.6 is 11.3 Å². The highest BCUT2D eigenvalue weighted by molar-refractivity contribution is 7.13. The average Bonchev–Trinajstić information content (AvgIpc) is 3.05. The maximum atomic E-state index is 4.60. The van der Waals surface area contributed by atoms with Crippen molar-refractivity contribution in [3.05, 3.63) is 35.6 Å². The summed E-state index contributed by atoms with van der Waals surface area (Å²) >= 11 is 1.68. The molecule has 1 aliphatic carbocycles. The molecule has 2 aromatic rings. The topological polar surface area (TPSA) is 37.8 Å². The van der Waals surface area contributed by atoms with E-state index in [2.05, 4.69) is 20.7 Å². The Bertz CT molecular complexity index is 462. The molecule has 0 saturated heterocycles. The van der Waals surface area contributed by atoms with E-state index in [1.165, 1.54) is 12.8 Å². The van der Waals surface area contributed by atoms with E-state index in [-0.39, 0.29) is 0 Å². The highest BCUT2D eigenvalue weighted by Gasteiger charge is 2.20. The monoisotopic (exact) mass is 231 g/mol. The van der Waals surface area contributed by atoms with Gasteiger partial charge in [0, 0.05) is 35.9 Å². The number of rotatable bonds is 4. The molecular weight excluding hydrogens is 218 g/mol. The molecule has 1 fully saturated rings. The molecule has 0 unspecified atom stereocenters. The van der Waals surface area contributed by atoms with Gasteiger partial charge in [-0.3, -0.25) is 4.98 Å². The fourth-order valence-electron chi connectivity index (χ4n) is 1.55. The van der Waals surface area contributed by atoms with E-state index in [1.54, 1.807) is 17.5 Å². The molecule has 0 spiro atoms. The van der Waals surface area contributed by atoms with Crippen molar-refractivity contribution in [3.63, 3.8) is 0 Å². The Morgan fingerprint density at radius 1 is 1.44 bits per heavy atom. The maximum Gasteiger partial charge on any atom is 0.125 e. The van der Waals surface area contributed by atoms with Gasteiger partial charge in [0.1, 0.15) is 5.01 Å². The van der Waals surface area contributed by atoms with Gasteiger partial charge in [-0.2, -0.15) is 0 Å². The minimum Gasteiger partial charge on any atom is -0.308 e. The van der Waals surface area contributed by atoms with Crippen molar-refractivity contribution in [2.45, 2.75) is 25.4 Å². The molecule has 1 N–H and O–H groups in total. The predicted octanol–water partition coefficient (Wildman–Crippen LogP) is 2.46. The van der Waals surface area contributed by atoms with E-state index < -0.39 is 0 Å². The summed E-state index contributed by atoms with van der Waals surface area (Å²) in [6.45, 7) is 0.890. The van der Waals surface area contributed by atoms with E-state index in [0.717, 1.165) is 28.9 Å². The standard InChI is InChI=1S/C12H13N3S/c1-2-9(6-13-5-1)12-15-11(8-16-12)7-14-10-3-4-10/h1-2,5-6,8,10,14H,3-4,7H2. The molecule has 2 aromatic heterocycles. The van der Waals surface area contributed by atoms with Crippen LogP contribution in [0, 0.1) is 0 Å². The fraction of sp³-hybridized carbons (Fsp3) is 0.333. The molecule has 0 radical (unpaired) electrons. The molecule has 0 aromatic carbocycles. The second-order valence-electron chi connectivity index (χ2n) is 4.04. The first kappa shape index (κ1) is 9.93. The summed E-state index contributed by atoms with van der Waals surface area (Å²) in [6, 6.07) is 4.73. The SMILES string of the molecule is c1cncc(-c2nc(CNC3CC3)cs2)c1. The lowest BCUT2D eigenvalue weighted by molar-refractivity contribution is 0.678. The van der Waals surface area contributed by atoms with Crippen LogP contribution in [0.15, 0.2) is 29.9 Å². The summed E-state index contributed by atoms with van der Waals surface area (Å²) in [5, 5.41) is 6.65. The van der Waals surface area contributed by atoms with Gasteiger partial charge in [0.25, 0.3) is 0 Å². The lowest BCUT2D eigenvalue weighted by Gasteiger charge is -1.97. The summed E-state index contributed by atoms with van der Waals surface area (Å²) in [5.74, 6) is 0. The highest BCUT2D eigenvalue weighted by Crippen LogP contribution is 2.23. The van der Waals surface area contributed by atoms with Crippen molar-refractivity contribution < 1.29 is 0 Å². The van der Waals surface area contributed by atoms with Crippen LogP contribution in [-0.2, 0) is 6.54 Å². The summed E-state index contributed by atoms with van der Waals surface area (Å²) in [6.07, 6.45) is 6.28. The third kappa shape index (κ3) is 2.28. The van der Waals surface area contributed by atoms with E-state index in [9.17, 15) is 0 Å². The minimum absolute atomic E-state index is 0.739. The molecule has 0 bridgehead atoms. The Morgan fingerprint density at radius 3 is 3.12 bits per heavy atom. The number of nitrogens with one attached hydrogen (secondary N) is 1. The van der Waals surface area contributed by atoms with Crippen LogP contribution < -0.4 is 5.32 Å². The smallest absolute Gasteiger partial charge is 0.125 e. The first-order valence-corrected chi connectivity index (χ1v) is 6.38. The van der Waals surface area contributed by atoms with Crippen molar-refractivity contribution in [3.8, 4) is 10.6 Å². The van der Waals surface area contributed by atoms with Gasteiger partial charge in [0.05, 0.1) is 5.69 Å². The molecule has 0 atom stereocenters. The van der Waals surface area contributed by atoms with Crippen molar-refractivity contribution in [2.75, 3.05) is 0 Å². The van der Waals surface area contributed by atoms with E-state index >= 15 is 0 Å². The number of nitrogens with zero attached hydrogens (tertiary/aromatic N) is 2. The van der Waals surface area contributed by atoms with Gasteiger partial charge in [0.2, 0.25) is 0 Å². The Balaban J connectivity index is 1.71. The van der Waals surface area contributed by atoms with Crippen LogP contribution in [0.3, 0.4) is 0 Å². The normalized spacial score (nSPS) is 15.2. The summed E-state index contributed by atoms with van der Waals surface area (Å²) < 4.78 is 0. The van der Waals surface area contributed by atoms with Gasteiger partial charge in [-0.15, -0.1) is 11.3 Å². The van der Waals surface area contributed by atoms with Gasteiger partial charge >= 0.3 is 0 Å². The molecule has 2 heterocycles. The Morgan fingerprint density at radius 2 is 2.38 bits per heavy atom. The molecule has 82 valence electrons. The number of hydrogen-bond acceptors (Lipinski definition) is 4. The zero-order valence-corrected chi connectivity index (χ0v) is 9.70. The van der Waals surface area contributed by atoms with Gasteiger partial charge in [-0.25, -0.2) is 4.98 Å². The largest absolute Gasteiger partial charge is 0.308 e. The number of hydrogen-bond donors (Lipinski definition) is 1. The highest BCUT2D eigenvalue weighted by atomic mass is 32.1. The minimum atomic E-state index is 0.739. The summed E-state index contributed by atoms with van der Waals surface area (Å²) in [5.41, 5.74) is 2.24. The third-order valence-electron chi connectivity index (χ3n) is 2.61. The second kappa shape index (κ2) is 4.31. The van der Waals surface area contributed by atoms with Crippen molar-refractivity contribution >= 4 is 11.3 Å². The molecule has 0 aliphatic heterocycles.